The number of halogens is 1. The molecule has 0 fully saturated rings. The van der Waals surface area contributed by atoms with Gasteiger partial charge in [0.05, 0.1) is 6.04 Å². The molecular weight excluding hydrogens is 260 g/mol. The molecule has 0 aliphatic heterocycles. The van der Waals surface area contributed by atoms with Gasteiger partial charge >= 0.3 is 0 Å². The molecule has 0 aromatic heterocycles. The lowest BCUT2D eigenvalue weighted by atomic mass is 10.0. The van der Waals surface area contributed by atoms with Crippen LogP contribution in [0, 0.1) is 12.8 Å². The second-order valence-electron chi connectivity index (χ2n) is 5.26. The van der Waals surface area contributed by atoms with Crippen LogP contribution in [-0.4, -0.2) is 18.5 Å². The molecule has 1 amide bonds. The van der Waals surface area contributed by atoms with Crippen LogP contribution in [0.25, 0.3) is 0 Å². The third-order valence-electron chi connectivity index (χ3n) is 2.90. The summed E-state index contributed by atoms with van der Waals surface area (Å²) in [5, 5.41) is 2.89. The third-order valence-corrected chi connectivity index (χ3v) is 2.90. The molecular formula is C15H25ClN2O. The van der Waals surface area contributed by atoms with E-state index in [9.17, 15) is 4.79 Å². The molecule has 3 nitrogen and oxygen atoms in total. The summed E-state index contributed by atoms with van der Waals surface area (Å²) in [6.45, 7) is 6.85. The van der Waals surface area contributed by atoms with E-state index in [1.54, 1.807) is 0 Å². The number of nitrogens with one attached hydrogen (secondary N) is 1. The molecule has 108 valence electrons. The topological polar surface area (TPSA) is 55.1 Å². The summed E-state index contributed by atoms with van der Waals surface area (Å²) >= 11 is 0. The fourth-order valence-electron chi connectivity index (χ4n) is 1.83. The number of carbonyl (C=O) groups excluding carboxylic acids is 1. The summed E-state index contributed by atoms with van der Waals surface area (Å²) in [6.07, 6.45) is 1.58. The lowest BCUT2D eigenvalue weighted by molar-refractivity contribution is -0.122. The summed E-state index contributed by atoms with van der Waals surface area (Å²) in [5.41, 5.74) is 8.29. The standard InChI is InChI=1S/C15H24N2O.ClH/c1-11(2)10-14(16)15(18)17-9-8-13-6-4-12(3)5-7-13;/h4-7,11,14H,8-10,16H2,1-3H3,(H,17,18);1H/t14-;/m0./s1. The Morgan fingerprint density at radius 1 is 1.26 bits per heavy atom. The average molecular weight is 285 g/mol. The number of amides is 1. The van der Waals surface area contributed by atoms with Gasteiger partial charge in [-0.05, 0) is 31.2 Å². The minimum atomic E-state index is -0.386. The van der Waals surface area contributed by atoms with Crippen LogP contribution < -0.4 is 11.1 Å². The highest BCUT2D eigenvalue weighted by Crippen LogP contribution is 2.04. The molecule has 0 radical (unpaired) electrons. The zero-order valence-electron chi connectivity index (χ0n) is 12.0. The zero-order valence-corrected chi connectivity index (χ0v) is 12.8. The quantitative estimate of drug-likeness (QED) is 0.843. The summed E-state index contributed by atoms with van der Waals surface area (Å²) in [5.74, 6) is 0.402. The van der Waals surface area contributed by atoms with Gasteiger partial charge in [0.25, 0.3) is 0 Å². The molecule has 3 N–H and O–H groups in total. The van der Waals surface area contributed by atoms with E-state index < -0.39 is 0 Å². The van der Waals surface area contributed by atoms with E-state index in [1.807, 2.05) is 0 Å². The predicted molar refractivity (Wildman–Crippen MR) is 82.6 cm³/mol. The lowest BCUT2D eigenvalue weighted by Gasteiger charge is -2.14. The van der Waals surface area contributed by atoms with Crippen LogP contribution in [0.1, 0.15) is 31.4 Å². The summed E-state index contributed by atoms with van der Waals surface area (Å²) < 4.78 is 0. The van der Waals surface area contributed by atoms with E-state index >= 15 is 0 Å². The Morgan fingerprint density at radius 2 is 1.84 bits per heavy atom. The van der Waals surface area contributed by atoms with Crippen molar-refractivity contribution in [3.05, 3.63) is 35.4 Å². The highest BCUT2D eigenvalue weighted by atomic mass is 35.5. The number of benzene rings is 1. The Balaban J connectivity index is 0.00000324. The van der Waals surface area contributed by atoms with E-state index in [-0.39, 0.29) is 24.4 Å². The maximum absolute atomic E-state index is 11.7. The molecule has 1 aromatic rings. The van der Waals surface area contributed by atoms with Crippen molar-refractivity contribution in [1.29, 1.82) is 0 Å². The maximum atomic E-state index is 11.7. The molecule has 0 heterocycles. The number of rotatable bonds is 6. The average Bonchev–Trinajstić information content (AvgIpc) is 2.30. The summed E-state index contributed by atoms with van der Waals surface area (Å²) in [6, 6.07) is 7.97. The Hall–Kier alpha value is -1.06. The van der Waals surface area contributed by atoms with Crippen LogP contribution >= 0.6 is 12.4 Å². The zero-order chi connectivity index (χ0) is 13.5. The van der Waals surface area contributed by atoms with Crippen LogP contribution in [0.2, 0.25) is 0 Å². The Morgan fingerprint density at radius 3 is 2.37 bits per heavy atom. The van der Waals surface area contributed by atoms with Gasteiger partial charge in [-0.1, -0.05) is 43.7 Å². The van der Waals surface area contributed by atoms with Gasteiger partial charge in [-0.25, -0.2) is 0 Å². The van der Waals surface area contributed by atoms with E-state index in [1.165, 1.54) is 11.1 Å². The minimum Gasteiger partial charge on any atom is -0.354 e. The van der Waals surface area contributed by atoms with Gasteiger partial charge in [0.2, 0.25) is 5.91 Å². The molecule has 0 spiro atoms. The largest absolute Gasteiger partial charge is 0.354 e. The van der Waals surface area contributed by atoms with Crippen molar-refractivity contribution in [3.8, 4) is 0 Å². The molecule has 0 saturated heterocycles. The van der Waals surface area contributed by atoms with Gasteiger partial charge in [-0.2, -0.15) is 0 Å². The molecule has 1 aromatic carbocycles. The van der Waals surface area contributed by atoms with Crippen LogP contribution in [0.4, 0.5) is 0 Å². The Labute approximate surface area is 122 Å². The van der Waals surface area contributed by atoms with Crippen molar-refractivity contribution in [2.75, 3.05) is 6.54 Å². The lowest BCUT2D eigenvalue weighted by Crippen LogP contribution is -2.42. The molecule has 0 bridgehead atoms. The highest BCUT2D eigenvalue weighted by molar-refractivity contribution is 5.85. The van der Waals surface area contributed by atoms with Crippen molar-refractivity contribution in [2.24, 2.45) is 11.7 Å². The second-order valence-corrected chi connectivity index (χ2v) is 5.26. The fraction of sp³-hybridized carbons (Fsp3) is 0.533. The van der Waals surface area contributed by atoms with Gasteiger partial charge in [0, 0.05) is 6.54 Å². The summed E-state index contributed by atoms with van der Waals surface area (Å²) in [4.78, 5) is 11.7. The first-order valence-corrected chi connectivity index (χ1v) is 6.58. The molecule has 0 saturated carbocycles. The molecule has 0 unspecified atom stereocenters. The Kier molecular flexibility index (Phi) is 8.44. The van der Waals surface area contributed by atoms with Crippen molar-refractivity contribution in [2.45, 2.75) is 39.7 Å². The first kappa shape index (κ1) is 17.9. The first-order valence-electron chi connectivity index (χ1n) is 6.58. The minimum absolute atomic E-state index is 0. The van der Waals surface area contributed by atoms with Gasteiger partial charge in [0.1, 0.15) is 0 Å². The SMILES string of the molecule is Cc1ccc(CCNC(=O)[C@@H](N)CC(C)C)cc1.Cl. The smallest absolute Gasteiger partial charge is 0.236 e. The van der Waals surface area contributed by atoms with Crippen LogP contribution in [0.3, 0.4) is 0 Å². The van der Waals surface area contributed by atoms with Crippen LogP contribution in [0.15, 0.2) is 24.3 Å². The predicted octanol–water partition coefficient (Wildman–Crippen LogP) is 2.45. The third kappa shape index (κ3) is 7.19. The van der Waals surface area contributed by atoms with Gasteiger partial charge in [0.15, 0.2) is 0 Å². The number of nitrogens with two attached hydrogens (primary N) is 1. The molecule has 1 rings (SSSR count). The maximum Gasteiger partial charge on any atom is 0.236 e. The van der Waals surface area contributed by atoms with Crippen molar-refractivity contribution >= 4 is 18.3 Å². The highest BCUT2D eigenvalue weighted by Gasteiger charge is 2.13. The van der Waals surface area contributed by atoms with Crippen LogP contribution in [-0.2, 0) is 11.2 Å². The monoisotopic (exact) mass is 284 g/mol. The fourth-order valence-corrected chi connectivity index (χ4v) is 1.83. The van der Waals surface area contributed by atoms with E-state index in [0.29, 0.717) is 12.5 Å². The van der Waals surface area contributed by atoms with Gasteiger partial charge in [-0.15, -0.1) is 12.4 Å². The molecule has 4 heteroatoms. The van der Waals surface area contributed by atoms with Crippen molar-refractivity contribution in [3.63, 3.8) is 0 Å². The van der Waals surface area contributed by atoms with E-state index in [4.69, 9.17) is 5.73 Å². The van der Waals surface area contributed by atoms with Crippen LogP contribution in [0.5, 0.6) is 0 Å². The summed E-state index contributed by atoms with van der Waals surface area (Å²) in [7, 11) is 0. The number of aryl methyl sites for hydroxylation is 1. The normalized spacial score (nSPS) is 11.8. The van der Waals surface area contributed by atoms with Crippen molar-refractivity contribution < 1.29 is 4.79 Å². The number of hydrogen-bond donors (Lipinski definition) is 2. The second kappa shape index (κ2) is 8.94. The van der Waals surface area contributed by atoms with E-state index in [2.05, 4.69) is 50.4 Å². The Bertz CT molecular complexity index is 376. The molecule has 0 aliphatic rings. The van der Waals surface area contributed by atoms with Gasteiger partial charge < -0.3 is 11.1 Å². The molecule has 19 heavy (non-hydrogen) atoms. The first-order chi connectivity index (χ1) is 8.49. The number of carbonyl (C=O) groups is 1. The van der Waals surface area contributed by atoms with Gasteiger partial charge in [-0.3, -0.25) is 4.79 Å². The number of hydrogen-bond acceptors (Lipinski definition) is 2. The molecule has 1 atom stereocenters. The van der Waals surface area contributed by atoms with E-state index in [0.717, 1.165) is 12.8 Å². The molecule has 0 aliphatic carbocycles. The van der Waals surface area contributed by atoms with Crippen molar-refractivity contribution in [1.82, 2.24) is 5.32 Å².